The Morgan fingerprint density at radius 2 is 2.36 bits per heavy atom. The van der Waals surface area contributed by atoms with Crippen LogP contribution < -0.4 is 5.32 Å². The van der Waals surface area contributed by atoms with Gasteiger partial charge in [-0.25, -0.2) is 0 Å². The number of hydrogen-bond donors (Lipinski definition) is 2. The molecule has 2 atom stereocenters. The Morgan fingerprint density at radius 3 is 3.00 bits per heavy atom. The van der Waals surface area contributed by atoms with Crippen LogP contribution in [0.15, 0.2) is 16.8 Å². The van der Waals surface area contributed by atoms with Gasteiger partial charge in [0.1, 0.15) is 0 Å². The van der Waals surface area contributed by atoms with E-state index in [1.807, 2.05) is 6.92 Å². The van der Waals surface area contributed by atoms with Crippen LogP contribution in [0.2, 0.25) is 0 Å². The molecular formula is C16H27N3O2S. The van der Waals surface area contributed by atoms with Gasteiger partial charge in [0, 0.05) is 38.8 Å². The van der Waals surface area contributed by atoms with Crippen LogP contribution >= 0.6 is 11.3 Å². The third kappa shape index (κ3) is 5.68. The van der Waals surface area contributed by atoms with Gasteiger partial charge in [-0.15, -0.1) is 0 Å². The van der Waals surface area contributed by atoms with E-state index in [1.54, 1.807) is 11.3 Å². The lowest BCUT2D eigenvalue weighted by Crippen LogP contribution is -2.55. The zero-order chi connectivity index (χ0) is 15.9. The first-order valence-corrected chi connectivity index (χ1v) is 8.91. The summed E-state index contributed by atoms with van der Waals surface area (Å²) in [5.41, 5.74) is 1.28. The monoisotopic (exact) mass is 325 g/mol. The SMILES string of the molecule is C[C@H](O)CN1CCN(CC(=O)NCCc2ccsc2)C[C@H]1C. The number of nitrogens with one attached hydrogen (secondary N) is 1. The first-order chi connectivity index (χ1) is 10.5. The third-order valence-electron chi connectivity index (χ3n) is 4.03. The maximum absolute atomic E-state index is 12.0. The molecule has 1 aromatic rings. The van der Waals surface area contributed by atoms with Gasteiger partial charge in [0.2, 0.25) is 5.91 Å². The summed E-state index contributed by atoms with van der Waals surface area (Å²) >= 11 is 1.69. The van der Waals surface area contributed by atoms with E-state index in [2.05, 4.69) is 38.9 Å². The fourth-order valence-corrected chi connectivity index (χ4v) is 3.57. The van der Waals surface area contributed by atoms with Gasteiger partial charge in [-0.1, -0.05) is 0 Å². The quantitative estimate of drug-likeness (QED) is 0.778. The van der Waals surface area contributed by atoms with Crippen LogP contribution in [-0.2, 0) is 11.2 Å². The van der Waals surface area contributed by atoms with Crippen LogP contribution in [0.3, 0.4) is 0 Å². The predicted octanol–water partition coefficient (Wildman–Crippen LogP) is 0.794. The molecule has 124 valence electrons. The predicted molar refractivity (Wildman–Crippen MR) is 90.2 cm³/mol. The van der Waals surface area contributed by atoms with Crippen LogP contribution in [0.1, 0.15) is 19.4 Å². The molecule has 1 saturated heterocycles. The Balaban J connectivity index is 1.65. The van der Waals surface area contributed by atoms with Crippen LogP contribution in [-0.4, -0.2) is 72.2 Å². The topological polar surface area (TPSA) is 55.8 Å². The number of thiophene rings is 1. The minimum atomic E-state index is -0.297. The highest BCUT2D eigenvalue weighted by atomic mass is 32.1. The number of aliphatic hydroxyl groups excluding tert-OH is 1. The number of aliphatic hydroxyl groups is 1. The Bertz CT molecular complexity index is 450. The lowest BCUT2D eigenvalue weighted by Gasteiger charge is -2.40. The van der Waals surface area contributed by atoms with Gasteiger partial charge in [-0.3, -0.25) is 14.6 Å². The van der Waals surface area contributed by atoms with E-state index in [-0.39, 0.29) is 12.0 Å². The van der Waals surface area contributed by atoms with E-state index in [1.165, 1.54) is 5.56 Å². The number of nitrogens with zero attached hydrogens (tertiary/aromatic N) is 2. The lowest BCUT2D eigenvalue weighted by atomic mass is 10.1. The minimum absolute atomic E-state index is 0.103. The molecule has 0 aromatic carbocycles. The molecule has 1 amide bonds. The Morgan fingerprint density at radius 1 is 1.55 bits per heavy atom. The number of piperazine rings is 1. The molecule has 0 saturated carbocycles. The average molecular weight is 325 g/mol. The van der Waals surface area contributed by atoms with E-state index in [9.17, 15) is 9.90 Å². The normalized spacial score (nSPS) is 21.7. The van der Waals surface area contributed by atoms with Crippen molar-refractivity contribution in [2.24, 2.45) is 0 Å². The average Bonchev–Trinajstić information content (AvgIpc) is 2.95. The molecule has 0 aliphatic carbocycles. The Hall–Kier alpha value is -0.950. The zero-order valence-corrected chi connectivity index (χ0v) is 14.3. The third-order valence-corrected chi connectivity index (χ3v) is 4.76. The maximum Gasteiger partial charge on any atom is 0.234 e. The standard InChI is InChI=1S/C16H27N3O2S/c1-13-9-18(6-7-19(13)10-14(2)20)11-16(21)17-5-3-15-4-8-22-12-15/h4,8,12-14,20H,3,5-7,9-11H2,1-2H3,(H,17,21)/t13-,14+/m1/s1. The van der Waals surface area contributed by atoms with Crippen molar-refractivity contribution in [2.75, 3.05) is 39.3 Å². The fourth-order valence-electron chi connectivity index (χ4n) is 2.87. The van der Waals surface area contributed by atoms with Gasteiger partial charge >= 0.3 is 0 Å². The fraction of sp³-hybridized carbons (Fsp3) is 0.688. The lowest BCUT2D eigenvalue weighted by molar-refractivity contribution is -0.123. The van der Waals surface area contributed by atoms with Crippen molar-refractivity contribution in [1.82, 2.24) is 15.1 Å². The van der Waals surface area contributed by atoms with Gasteiger partial charge in [0.15, 0.2) is 0 Å². The molecule has 0 radical (unpaired) electrons. The van der Waals surface area contributed by atoms with Gasteiger partial charge in [-0.2, -0.15) is 11.3 Å². The van der Waals surface area contributed by atoms with E-state index < -0.39 is 0 Å². The van der Waals surface area contributed by atoms with Crippen molar-refractivity contribution in [3.05, 3.63) is 22.4 Å². The molecule has 5 nitrogen and oxygen atoms in total. The number of amides is 1. The van der Waals surface area contributed by atoms with Crippen LogP contribution in [0.4, 0.5) is 0 Å². The van der Waals surface area contributed by atoms with Crippen LogP contribution in [0.5, 0.6) is 0 Å². The largest absolute Gasteiger partial charge is 0.392 e. The zero-order valence-electron chi connectivity index (χ0n) is 13.5. The first-order valence-electron chi connectivity index (χ1n) is 7.97. The highest BCUT2D eigenvalue weighted by Crippen LogP contribution is 2.10. The van der Waals surface area contributed by atoms with E-state index in [0.717, 1.165) is 26.1 Å². The smallest absolute Gasteiger partial charge is 0.234 e. The van der Waals surface area contributed by atoms with Gasteiger partial charge in [-0.05, 0) is 42.7 Å². The Kier molecular flexibility index (Phi) is 6.82. The summed E-state index contributed by atoms with van der Waals surface area (Å²) in [6.07, 6.45) is 0.600. The van der Waals surface area contributed by atoms with Crippen molar-refractivity contribution in [3.63, 3.8) is 0 Å². The van der Waals surface area contributed by atoms with E-state index in [0.29, 0.717) is 25.7 Å². The van der Waals surface area contributed by atoms with Crippen molar-refractivity contribution < 1.29 is 9.90 Å². The highest BCUT2D eigenvalue weighted by molar-refractivity contribution is 7.07. The maximum atomic E-state index is 12.0. The summed E-state index contributed by atoms with van der Waals surface area (Å²) in [6, 6.07) is 2.47. The molecule has 22 heavy (non-hydrogen) atoms. The molecule has 1 fully saturated rings. The molecule has 1 aliphatic heterocycles. The summed E-state index contributed by atoms with van der Waals surface area (Å²) in [6.45, 7) is 8.53. The second-order valence-electron chi connectivity index (χ2n) is 6.16. The summed E-state index contributed by atoms with van der Waals surface area (Å²) < 4.78 is 0. The molecule has 0 unspecified atom stereocenters. The summed E-state index contributed by atoms with van der Waals surface area (Å²) in [7, 11) is 0. The van der Waals surface area contributed by atoms with Crippen molar-refractivity contribution >= 4 is 17.2 Å². The number of β-amino-alcohol motifs (C(OH)–C–C–N with tert-alkyl or cyclic N) is 1. The van der Waals surface area contributed by atoms with Crippen molar-refractivity contribution in [2.45, 2.75) is 32.4 Å². The molecule has 2 N–H and O–H groups in total. The van der Waals surface area contributed by atoms with Gasteiger partial charge < -0.3 is 10.4 Å². The van der Waals surface area contributed by atoms with Gasteiger partial charge in [0.05, 0.1) is 12.6 Å². The number of carbonyl (C=O) groups is 1. The van der Waals surface area contributed by atoms with E-state index in [4.69, 9.17) is 0 Å². The molecule has 2 heterocycles. The van der Waals surface area contributed by atoms with E-state index >= 15 is 0 Å². The molecule has 2 rings (SSSR count). The molecular weight excluding hydrogens is 298 g/mol. The summed E-state index contributed by atoms with van der Waals surface area (Å²) in [4.78, 5) is 16.5. The Labute approximate surface area is 136 Å². The second-order valence-corrected chi connectivity index (χ2v) is 6.94. The number of rotatable bonds is 7. The summed E-state index contributed by atoms with van der Waals surface area (Å²) in [5, 5.41) is 16.7. The highest BCUT2D eigenvalue weighted by Gasteiger charge is 2.25. The second kappa shape index (κ2) is 8.62. The first kappa shape index (κ1) is 17.4. The molecule has 0 bridgehead atoms. The van der Waals surface area contributed by atoms with Crippen LogP contribution in [0, 0.1) is 0 Å². The van der Waals surface area contributed by atoms with Crippen molar-refractivity contribution in [1.29, 1.82) is 0 Å². The molecule has 6 heteroatoms. The number of carbonyl (C=O) groups excluding carboxylic acids is 1. The molecule has 0 spiro atoms. The number of hydrogen-bond acceptors (Lipinski definition) is 5. The minimum Gasteiger partial charge on any atom is -0.392 e. The van der Waals surface area contributed by atoms with Crippen molar-refractivity contribution in [3.8, 4) is 0 Å². The molecule has 1 aliphatic rings. The summed E-state index contributed by atoms with van der Waals surface area (Å²) in [5.74, 6) is 0.103. The molecule has 1 aromatic heterocycles. The van der Waals surface area contributed by atoms with Crippen LogP contribution in [0.25, 0.3) is 0 Å². The van der Waals surface area contributed by atoms with Gasteiger partial charge in [0.25, 0.3) is 0 Å².